The maximum Gasteiger partial charge on any atom is 0.334 e. The van der Waals surface area contributed by atoms with E-state index in [1.54, 1.807) is 0 Å². The Kier molecular flexibility index (Phi) is 5.55. The standard InChI is InChI=1S/C15H18O5/c1-9(16)4-6-12(18)8-14-13(7-5-10(2)17)11(3)15(19)20-14/h4,6,13-14H,3,5,7-8H2,1-2H3. The summed E-state index contributed by atoms with van der Waals surface area (Å²) in [6, 6.07) is 0. The van der Waals surface area contributed by atoms with Crippen molar-refractivity contribution < 1.29 is 23.9 Å². The molecule has 108 valence electrons. The molecule has 0 radical (unpaired) electrons. The third kappa shape index (κ3) is 4.57. The summed E-state index contributed by atoms with van der Waals surface area (Å²) in [6.45, 7) is 6.47. The van der Waals surface area contributed by atoms with Crippen LogP contribution in [0.5, 0.6) is 0 Å². The van der Waals surface area contributed by atoms with E-state index >= 15 is 0 Å². The zero-order valence-electron chi connectivity index (χ0n) is 11.7. The fourth-order valence-electron chi connectivity index (χ4n) is 2.05. The van der Waals surface area contributed by atoms with Crippen molar-refractivity contribution in [1.82, 2.24) is 0 Å². The molecule has 1 heterocycles. The van der Waals surface area contributed by atoms with E-state index in [0.29, 0.717) is 18.4 Å². The minimum Gasteiger partial charge on any atom is -0.458 e. The smallest absolute Gasteiger partial charge is 0.334 e. The van der Waals surface area contributed by atoms with Crippen LogP contribution in [0.4, 0.5) is 0 Å². The Balaban J connectivity index is 2.68. The number of ether oxygens (including phenoxy) is 1. The highest BCUT2D eigenvalue weighted by Gasteiger charge is 2.38. The molecule has 20 heavy (non-hydrogen) atoms. The summed E-state index contributed by atoms with van der Waals surface area (Å²) in [6.07, 6.45) is 2.51. The van der Waals surface area contributed by atoms with Gasteiger partial charge in [0, 0.05) is 24.3 Å². The summed E-state index contributed by atoms with van der Waals surface area (Å²) in [7, 11) is 0. The number of carbonyl (C=O) groups excluding carboxylic acids is 4. The molecule has 0 aromatic rings. The summed E-state index contributed by atoms with van der Waals surface area (Å²) in [4.78, 5) is 44.9. The summed E-state index contributed by atoms with van der Waals surface area (Å²) >= 11 is 0. The van der Waals surface area contributed by atoms with Gasteiger partial charge in [-0.15, -0.1) is 0 Å². The average molecular weight is 278 g/mol. The van der Waals surface area contributed by atoms with Gasteiger partial charge in [0.2, 0.25) is 0 Å². The Morgan fingerprint density at radius 3 is 2.45 bits per heavy atom. The number of hydrogen-bond donors (Lipinski definition) is 0. The number of carbonyl (C=O) groups is 4. The minimum absolute atomic E-state index is 0.00287. The molecule has 1 rings (SSSR count). The normalized spacial score (nSPS) is 22.1. The van der Waals surface area contributed by atoms with Gasteiger partial charge in [-0.3, -0.25) is 9.59 Å². The Bertz CT molecular complexity index is 486. The van der Waals surface area contributed by atoms with Crippen LogP contribution in [0.2, 0.25) is 0 Å². The van der Waals surface area contributed by atoms with E-state index in [1.807, 2.05) is 0 Å². The lowest BCUT2D eigenvalue weighted by Crippen LogP contribution is -2.21. The van der Waals surface area contributed by atoms with Crippen molar-refractivity contribution in [3.63, 3.8) is 0 Å². The van der Waals surface area contributed by atoms with Gasteiger partial charge in [0.1, 0.15) is 11.9 Å². The lowest BCUT2D eigenvalue weighted by molar-refractivity contribution is -0.140. The number of esters is 1. The van der Waals surface area contributed by atoms with Crippen LogP contribution in [0.25, 0.3) is 0 Å². The van der Waals surface area contributed by atoms with Crippen LogP contribution in [0.1, 0.15) is 33.1 Å². The lowest BCUT2D eigenvalue weighted by Gasteiger charge is -2.15. The minimum atomic E-state index is -0.599. The molecule has 1 aliphatic rings. The molecule has 0 aromatic heterocycles. The van der Waals surface area contributed by atoms with Crippen molar-refractivity contribution >= 4 is 23.3 Å². The first kappa shape index (κ1) is 16.0. The van der Waals surface area contributed by atoms with E-state index in [4.69, 9.17) is 4.74 Å². The Morgan fingerprint density at radius 1 is 1.25 bits per heavy atom. The van der Waals surface area contributed by atoms with E-state index in [0.717, 1.165) is 0 Å². The molecule has 1 fully saturated rings. The van der Waals surface area contributed by atoms with Crippen molar-refractivity contribution in [2.75, 3.05) is 0 Å². The van der Waals surface area contributed by atoms with Gasteiger partial charge in [-0.1, -0.05) is 6.58 Å². The number of cyclic esters (lactones) is 1. The summed E-state index contributed by atoms with van der Waals surface area (Å²) in [5, 5.41) is 0. The van der Waals surface area contributed by atoms with Gasteiger partial charge < -0.3 is 9.53 Å². The second kappa shape index (κ2) is 6.93. The van der Waals surface area contributed by atoms with Crippen molar-refractivity contribution in [3.8, 4) is 0 Å². The first-order valence-corrected chi connectivity index (χ1v) is 6.42. The van der Waals surface area contributed by atoms with Crippen molar-refractivity contribution in [3.05, 3.63) is 24.3 Å². The maximum absolute atomic E-state index is 11.7. The molecule has 0 spiro atoms. The summed E-state index contributed by atoms with van der Waals surface area (Å²) < 4.78 is 5.11. The van der Waals surface area contributed by atoms with Crippen LogP contribution < -0.4 is 0 Å². The average Bonchev–Trinajstić information content (AvgIpc) is 2.60. The molecule has 0 saturated carbocycles. The highest BCUT2D eigenvalue weighted by atomic mass is 16.6. The number of rotatable bonds is 7. The molecule has 1 aliphatic heterocycles. The first-order chi connectivity index (χ1) is 9.31. The maximum atomic E-state index is 11.7. The third-order valence-electron chi connectivity index (χ3n) is 3.13. The Morgan fingerprint density at radius 2 is 1.90 bits per heavy atom. The van der Waals surface area contributed by atoms with Crippen LogP contribution in [-0.2, 0) is 23.9 Å². The van der Waals surface area contributed by atoms with Crippen LogP contribution in [-0.4, -0.2) is 29.4 Å². The predicted molar refractivity (Wildman–Crippen MR) is 71.9 cm³/mol. The Hall–Kier alpha value is -2.04. The lowest BCUT2D eigenvalue weighted by atomic mass is 9.89. The molecule has 2 unspecified atom stereocenters. The van der Waals surface area contributed by atoms with Gasteiger partial charge in [0.15, 0.2) is 11.6 Å². The molecule has 0 aromatic carbocycles. The predicted octanol–water partition coefficient (Wildman–Crippen LogP) is 1.56. The topological polar surface area (TPSA) is 77.5 Å². The molecule has 5 nitrogen and oxygen atoms in total. The summed E-state index contributed by atoms with van der Waals surface area (Å²) in [5.41, 5.74) is 0.305. The van der Waals surface area contributed by atoms with E-state index in [2.05, 4.69) is 6.58 Å². The molecular weight excluding hydrogens is 260 g/mol. The number of Topliss-reactive ketones (excluding diaryl/α,β-unsaturated/α-hetero) is 1. The van der Waals surface area contributed by atoms with Crippen LogP contribution in [0, 0.1) is 5.92 Å². The SMILES string of the molecule is C=C1C(=O)OC(CC(=O)C=CC(C)=O)C1CCC(C)=O. The van der Waals surface area contributed by atoms with Crippen molar-refractivity contribution in [2.24, 2.45) is 5.92 Å². The van der Waals surface area contributed by atoms with Crippen LogP contribution in [0.15, 0.2) is 24.3 Å². The van der Waals surface area contributed by atoms with Crippen LogP contribution >= 0.6 is 0 Å². The highest BCUT2D eigenvalue weighted by molar-refractivity contribution is 5.98. The fraction of sp³-hybridized carbons (Fsp3) is 0.467. The van der Waals surface area contributed by atoms with Gasteiger partial charge >= 0.3 is 5.97 Å². The van der Waals surface area contributed by atoms with Gasteiger partial charge in [-0.2, -0.15) is 0 Å². The zero-order chi connectivity index (χ0) is 15.3. The van der Waals surface area contributed by atoms with Gasteiger partial charge in [0.25, 0.3) is 0 Å². The zero-order valence-corrected chi connectivity index (χ0v) is 11.7. The second-order valence-electron chi connectivity index (χ2n) is 4.93. The number of allylic oxidation sites excluding steroid dienone is 2. The molecule has 0 N–H and O–H groups in total. The fourth-order valence-corrected chi connectivity index (χ4v) is 2.05. The molecule has 0 bridgehead atoms. The van der Waals surface area contributed by atoms with E-state index < -0.39 is 12.1 Å². The quantitative estimate of drug-likeness (QED) is 0.521. The van der Waals surface area contributed by atoms with Crippen molar-refractivity contribution in [1.29, 1.82) is 0 Å². The van der Waals surface area contributed by atoms with E-state index in [9.17, 15) is 19.2 Å². The molecule has 1 saturated heterocycles. The van der Waals surface area contributed by atoms with Gasteiger partial charge in [0.05, 0.1) is 0 Å². The Labute approximate surface area is 117 Å². The molecule has 2 atom stereocenters. The third-order valence-corrected chi connectivity index (χ3v) is 3.13. The summed E-state index contributed by atoms with van der Waals surface area (Å²) in [5.74, 6) is -1.34. The number of hydrogen-bond acceptors (Lipinski definition) is 5. The van der Waals surface area contributed by atoms with E-state index in [-0.39, 0.29) is 29.7 Å². The molecular formula is C15H18O5. The first-order valence-electron chi connectivity index (χ1n) is 6.42. The van der Waals surface area contributed by atoms with Gasteiger partial charge in [-0.05, 0) is 32.4 Å². The monoisotopic (exact) mass is 278 g/mol. The second-order valence-corrected chi connectivity index (χ2v) is 4.93. The molecule has 0 amide bonds. The van der Waals surface area contributed by atoms with E-state index in [1.165, 1.54) is 26.0 Å². The van der Waals surface area contributed by atoms with Crippen molar-refractivity contribution in [2.45, 2.75) is 39.2 Å². The largest absolute Gasteiger partial charge is 0.458 e. The van der Waals surface area contributed by atoms with Crippen LogP contribution in [0.3, 0.4) is 0 Å². The van der Waals surface area contributed by atoms with Gasteiger partial charge in [-0.25, -0.2) is 4.79 Å². The molecule has 5 heteroatoms. The number of ketones is 3. The highest BCUT2D eigenvalue weighted by Crippen LogP contribution is 2.32. The molecule has 0 aliphatic carbocycles.